The van der Waals surface area contributed by atoms with Crippen LogP contribution in [0.1, 0.15) is 37.8 Å². The lowest BCUT2D eigenvalue weighted by molar-refractivity contribution is -0.0282. The van der Waals surface area contributed by atoms with Crippen molar-refractivity contribution in [1.29, 1.82) is 0 Å². The second-order valence-corrected chi connectivity index (χ2v) is 5.24. The Labute approximate surface area is 106 Å². The molecule has 2 aliphatic rings. The summed E-state index contributed by atoms with van der Waals surface area (Å²) in [5.41, 5.74) is 7.02. The van der Waals surface area contributed by atoms with Crippen LogP contribution >= 0.6 is 0 Å². The number of nitrogens with two attached hydrogens (primary N) is 1. The number of halogens is 1. The van der Waals surface area contributed by atoms with Gasteiger partial charge in [-0.05, 0) is 25.8 Å². The van der Waals surface area contributed by atoms with Crippen molar-refractivity contribution in [2.45, 2.75) is 50.5 Å². The maximum Gasteiger partial charge on any atom is 0.127 e. The zero-order valence-corrected chi connectivity index (χ0v) is 10.4. The Balaban J connectivity index is 1.82. The molecule has 0 radical (unpaired) electrons. The first-order valence-corrected chi connectivity index (χ1v) is 6.50. The lowest BCUT2D eigenvalue weighted by atomic mass is 9.94. The minimum absolute atomic E-state index is 0.0563. The van der Waals surface area contributed by atoms with E-state index in [2.05, 4.69) is 6.92 Å². The third kappa shape index (κ3) is 2.10. The molecule has 0 bridgehead atoms. The second kappa shape index (κ2) is 4.52. The zero-order chi connectivity index (χ0) is 12.7. The van der Waals surface area contributed by atoms with Crippen molar-refractivity contribution in [2.24, 2.45) is 5.73 Å². The topological polar surface area (TPSA) is 44.5 Å². The van der Waals surface area contributed by atoms with Gasteiger partial charge in [0.2, 0.25) is 0 Å². The van der Waals surface area contributed by atoms with Gasteiger partial charge in [0.05, 0.1) is 12.2 Å². The van der Waals surface area contributed by atoms with Gasteiger partial charge in [-0.3, -0.25) is 0 Å². The molecule has 0 spiro atoms. The smallest absolute Gasteiger partial charge is 0.127 e. The fraction of sp³-hybridized carbons (Fsp3) is 0.571. The Hall–Kier alpha value is -1.13. The van der Waals surface area contributed by atoms with Crippen molar-refractivity contribution in [3.63, 3.8) is 0 Å². The van der Waals surface area contributed by atoms with Gasteiger partial charge in [0, 0.05) is 24.1 Å². The van der Waals surface area contributed by atoms with E-state index in [4.69, 9.17) is 15.2 Å². The average molecular weight is 251 g/mol. The average Bonchev–Trinajstić information content (AvgIpc) is 2.75. The van der Waals surface area contributed by atoms with Gasteiger partial charge in [0.15, 0.2) is 0 Å². The van der Waals surface area contributed by atoms with Gasteiger partial charge < -0.3 is 15.2 Å². The van der Waals surface area contributed by atoms with E-state index in [1.807, 2.05) is 0 Å². The fourth-order valence-corrected chi connectivity index (χ4v) is 2.84. The van der Waals surface area contributed by atoms with Gasteiger partial charge in [-0.1, -0.05) is 6.07 Å². The van der Waals surface area contributed by atoms with Gasteiger partial charge in [-0.15, -0.1) is 0 Å². The van der Waals surface area contributed by atoms with Crippen LogP contribution in [0.2, 0.25) is 0 Å². The van der Waals surface area contributed by atoms with E-state index >= 15 is 0 Å². The van der Waals surface area contributed by atoms with Gasteiger partial charge in [-0.2, -0.15) is 0 Å². The summed E-state index contributed by atoms with van der Waals surface area (Å²) in [6.45, 7) is 2.07. The lowest BCUT2D eigenvalue weighted by Crippen LogP contribution is -2.38. The Bertz CT molecular complexity index is 451. The highest BCUT2D eigenvalue weighted by Gasteiger charge is 2.36. The molecule has 0 saturated carbocycles. The molecule has 18 heavy (non-hydrogen) atoms. The minimum Gasteiger partial charge on any atom is -0.487 e. The molecule has 1 fully saturated rings. The lowest BCUT2D eigenvalue weighted by Gasteiger charge is -2.33. The molecule has 3 unspecified atom stereocenters. The molecule has 0 aliphatic carbocycles. The number of hydrogen-bond donors (Lipinski definition) is 1. The number of hydrogen-bond acceptors (Lipinski definition) is 3. The summed E-state index contributed by atoms with van der Waals surface area (Å²) in [5.74, 6) is 0.282. The monoisotopic (exact) mass is 251 g/mol. The predicted molar refractivity (Wildman–Crippen MR) is 65.9 cm³/mol. The predicted octanol–water partition coefficient (Wildman–Crippen LogP) is 2.54. The molecule has 3 rings (SSSR count). The highest BCUT2D eigenvalue weighted by atomic mass is 19.1. The van der Waals surface area contributed by atoms with E-state index in [0.717, 1.165) is 24.8 Å². The molecule has 2 aliphatic heterocycles. The van der Waals surface area contributed by atoms with Crippen molar-refractivity contribution in [3.8, 4) is 5.75 Å². The van der Waals surface area contributed by atoms with Crippen LogP contribution in [0.25, 0.3) is 0 Å². The van der Waals surface area contributed by atoms with Gasteiger partial charge in [0.25, 0.3) is 0 Å². The van der Waals surface area contributed by atoms with Crippen LogP contribution in [0.4, 0.5) is 4.39 Å². The minimum atomic E-state index is -0.290. The fourth-order valence-electron chi connectivity index (χ4n) is 2.84. The summed E-state index contributed by atoms with van der Waals surface area (Å²) in [6.07, 6.45) is 3.08. The summed E-state index contributed by atoms with van der Waals surface area (Å²) in [6, 6.07) is 4.46. The Morgan fingerprint density at radius 1 is 1.28 bits per heavy atom. The van der Waals surface area contributed by atoms with Crippen molar-refractivity contribution in [3.05, 3.63) is 29.6 Å². The van der Waals surface area contributed by atoms with Gasteiger partial charge in [-0.25, -0.2) is 4.39 Å². The standard InChI is InChI=1S/C14H18FNO2/c1-8-2-5-12(17-8)14-7-11(16)10-4-3-9(15)6-13(10)18-14/h3-4,6,8,11-12,14H,2,5,7,16H2,1H3/t8?,11-,12?,14?/m1/s1. The SMILES string of the molecule is CC1CCC(C2C[C@@H](N)c3ccc(F)cc3O2)O1. The molecule has 4 heteroatoms. The van der Waals surface area contributed by atoms with E-state index in [9.17, 15) is 4.39 Å². The first-order valence-electron chi connectivity index (χ1n) is 6.50. The van der Waals surface area contributed by atoms with Crippen LogP contribution in [-0.4, -0.2) is 18.3 Å². The van der Waals surface area contributed by atoms with E-state index in [-0.39, 0.29) is 30.2 Å². The molecular weight excluding hydrogens is 233 g/mol. The van der Waals surface area contributed by atoms with Crippen LogP contribution in [-0.2, 0) is 4.74 Å². The molecule has 2 heterocycles. The Kier molecular flexibility index (Phi) is 2.99. The third-order valence-corrected chi connectivity index (χ3v) is 3.82. The van der Waals surface area contributed by atoms with Crippen LogP contribution in [0.3, 0.4) is 0 Å². The van der Waals surface area contributed by atoms with Gasteiger partial charge in [0.1, 0.15) is 17.7 Å². The second-order valence-electron chi connectivity index (χ2n) is 5.24. The first kappa shape index (κ1) is 11.9. The molecule has 0 aromatic heterocycles. The molecule has 98 valence electrons. The first-order chi connectivity index (χ1) is 8.63. The molecular formula is C14H18FNO2. The summed E-state index contributed by atoms with van der Waals surface area (Å²) >= 11 is 0. The summed E-state index contributed by atoms with van der Waals surface area (Å²) in [5, 5.41) is 0. The van der Waals surface area contributed by atoms with Crippen molar-refractivity contribution in [1.82, 2.24) is 0 Å². The van der Waals surface area contributed by atoms with E-state index in [0.29, 0.717) is 5.75 Å². The van der Waals surface area contributed by atoms with E-state index < -0.39 is 0 Å². The summed E-state index contributed by atoms with van der Waals surface area (Å²) in [7, 11) is 0. The largest absolute Gasteiger partial charge is 0.487 e. The number of benzene rings is 1. The number of rotatable bonds is 1. The summed E-state index contributed by atoms with van der Waals surface area (Å²) in [4.78, 5) is 0. The highest BCUT2D eigenvalue weighted by Crippen LogP contribution is 2.37. The van der Waals surface area contributed by atoms with Gasteiger partial charge >= 0.3 is 0 Å². The number of ether oxygens (including phenoxy) is 2. The number of fused-ring (bicyclic) bond motifs is 1. The van der Waals surface area contributed by atoms with E-state index in [1.54, 1.807) is 6.07 Å². The Morgan fingerprint density at radius 3 is 2.83 bits per heavy atom. The maximum absolute atomic E-state index is 13.2. The molecule has 2 N–H and O–H groups in total. The molecule has 3 nitrogen and oxygen atoms in total. The molecule has 1 saturated heterocycles. The molecule has 0 amide bonds. The quantitative estimate of drug-likeness (QED) is 0.834. The van der Waals surface area contributed by atoms with Crippen molar-refractivity contribution < 1.29 is 13.9 Å². The van der Waals surface area contributed by atoms with Crippen LogP contribution < -0.4 is 10.5 Å². The van der Waals surface area contributed by atoms with Crippen molar-refractivity contribution >= 4 is 0 Å². The van der Waals surface area contributed by atoms with Crippen molar-refractivity contribution in [2.75, 3.05) is 0 Å². The molecule has 1 aromatic rings. The third-order valence-electron chi connectivity index (χ3n) is 3.82. The maximum atomic E-state index is 13.2. The van der Waals surface area contributed by atoms with Crippen LogP contribution in [0, 0.1) is 5.82 Å². The highest BCUT2D eigenvalue weighted by molar-refractivity contribution is 5.38. The Morgan fingerprint density at radius 2 is 2.11 bits per heavy atom. The normalized spacial score (nSPS) is 35.1. The molecule has 4 atom stereocenters. The molecule has 1 aromatic carbocycles. The zero-order valence-electron chi connectivity index (χ0n) is 10.4. The van der Waals surface area contributed by atoms with E-state index in [1.165, 1.54) is 12.1 Å². The summed E-state index contributed by atoms with van der Waals surface area (Å²) < 4.78 is 24.9. The van der Waals surface area contributed by atoms with Crippen LogP contribution in [0.15, 0.2) is 18.2 Å². The van der Waals surface area contributed by atoms with Crippen LogP contribution in [0.5, 0.6) is 5.75 Å².